The van der Waals surface area contributed by atoms with Crippen molar-refractivity contribution in [2.45, 2.75) is 39.2 Å². The standard InChI is InChI=1S/C17H18Cl2N4O2/c1-9(2)25-15(24)10-7-20-16(19)22-14(10)23-8-17(3,4)13-11(23)5-6-12(18)21-13/h5-7,9H,8H2,1-4H3. The van der Waals surface area contributed by atoms with Crippen LogP contribution in [0.25, 0.3) is 0 Å². The van der Waals surface area contributed by atoms with Crippen LogP contribution in [-0.2, 0) is 10.2 Å². The van der Waals surface area contributed by atoms with Crippen LogP contribution in [0.4, 0.5) is 11.5 Å². The van der Waals surface area contributed by atoms with Crippen molar-refractivity contribution in [1.29, 1.82) is 0 Å². The van der Waals surface area contributed by atoms with Gasteiger partial charge in [-0.3, -0.25) is 0 Å². The summed E-state index contributed by atoms with van der Waals surface area (Å²) in [4.78, 5) is 27.1. The number of rotatable bonds is 3. The molecule has 0 aliphatic carbocycles. The molecule has 0 N–H and O–H groups in total. The van der Waals surface area contributed by atoms with E-state index in [0.29, 0.717) is 17.5 Å². The molecule has 0 aromatic carbocycles. The van der Waals surface area contributed by atoms with Gasteiger partial charge in [0.1, 0.15) is 10.7 Å². The van der Waals surface area contributed by atoms with Gasteiger partial charge >= 0.3 is 5.97 Å². The van der Waals surface area contributed by atoms with Gasteiger partial charge in [-0.1, -0.05) is 25.4 Å². The summed E-state index contributed by atoms with van der Waals surface area (Å²) in [6, 6.07) is 3.58. The Hall–Kier alpha value is -1.92. The lowest BCUT2D eigenvalue weighted by atomic mass is 9.91. The highest BCUT2D eigenvalue weighted by Crippen LogP contribution is 2.44. The highest BCUT2D eigenvalue weighted by Gasteiger charge is 2.39. The topological polar surface area (TPSA) is 68.2 Å². The summed E-state index contributed by atoms with van der Waals surface area (Å²) in [6.07, 6.45) is 1.14. The molecule has 1 aliphatic rings. The van der Waals surface area contributed by atoms with Crippen LogP contribution in [-0.4, -0.2) is 33.6 Å². The Morgan fingerprint density at radius 2 is 2.00 bits per heavy atom. The Bertz CT molecular complexity index is 839. The molecule has 25 heavy (non-hydrogen) atoms. The highest BCUT2D eigenvalue weighted by atomic mass is 35.5. The van der Waals surface area contributed by atoms with E-state index in [1.54, 1.807) is 19.9 Å². The van der Waals surface area contributed by atoms with Crippen molar-refractivity contribution >= 4 is 40.7 Å². The van der Waals surface area contributed by atoms with E-state index in [0.717, 1.165) is 11.4 Å². The summed E-state index contributed by atoms with van der Waals surface area (Å²) in [5, 5.41) is 0.484. The number of anilines is 2. The van der Waals surface area contributed by atoms with Crippen molar-refractivity contribution in [3.63, 3.8) is 0 Å². The lowest BCUT2D eigenvalue weighted by Crippen LogP contribution is -2.28. The minimum absolute atomic E-state index is 0.0595. The minimum Gasteiger partial charge on any atom is -0.459 e. The zero-order valence-corrected chi connectivity index (χ0v) is 15.9. The molecule has 3 rings (SSSR count). The van der Waals surface area contributed by atoms with E-state index >= 15 is 0 Å². The van der Waals surface area contributed by atoms with Crippen LogP contribution in [0.15, 0.2) is 18.3 Å². The van der Waals surface area contributed by atoms with E-state index in [-0.39, 0.29) is 22.4 Å². The van der Waals surface area contributed by atoms with Crippen molar-refractivity contribution < 1.29 is 9.53 Å². The zero-order chi connectivity index (χ0) is 18.4. The largest absolute Gasteiger partial charge is 0.459 e. The van der Waals surface area contributed by atoms with Crippen LogP contribution < -0.4 is 4.90 Å². The Balaban J connectivity index is 2.12. The van der Waals surface area contributed by atoms with E-state index in [1.165, 1.54) is 6.20 Å². The number of carbonyl (C=O) groups excluding carboxylic acids is 1. The second-order valence-electron chi connectivity index (χ2n) is 6.80. The van der Waals surface area contributed by atoms with Crippen molar-refractivity contribution in [1.82, 2.24) is 15.0 Å². The summed E-state index contributed by atoms with van der Waals surface area (Å²) in [6.45, 7) is 8.27. The fourth-order valence-corrected chi connectivity index (χ4v) is 3.14. The number of fused-ring (bicyclic) bond motifs is 1. The average Bonchev–Trinajstić information content (AvgIpc) is 2.77. The van der Waals surface area contributed by atoms with Gasteiger partial charge in [-0.05, 0) is 37.6 Å². The SMILES string of the molecule is CC(C)OC(=O)c1cnc(Cl)nc1N1CC(C)(C)c2nc(Cl)ccc21. The van der Waals surface area contributed by atoms with Crippen molar-refractivity contribution in [2.24, 2.45) is 0 Å². The summed E-state index contributed by atoms with van der Waals surface area (Å²) in [5.41, 5.74) is 1.68. The number of carbonyl (C=O) groups is 1. The molecular formula is C17H18Cl2N4O2. The number of aromatic nitrogens is 3. The molecule has 1 aliphatic heterocycles. The molecule has 0 saturated heterocycles. The fourth-order valence-electron chi connectivity index (χ4n) is 2.87. The number of halogens is 2. The molecule has 0 fully saturated rings. The van der Waals surface area contributed by atoms with Crippen LogP contribution in [0.5, 0.6) is 0 Å². The van der Waals surface area contributed by atoms with Crippen LogP contribution in [0.3, 0.4) is 0 Å². The van der Waals surface area contributed by atoms with Gasteiger partial charge in [0.25, 0.3) is 0 Å². The summed E-state index contributed by atoms with van der Waals surface area (Å²) in [5.74, 6) is -0.0866. The molecule has 8 heteroatoms. The predicted molar refractivity (Wildman–Crippen MR) is 96.9 cm³/mol. The second-order valence-corrected chi connectivity index (χ2v) is 7.53. The molecule has 2 aromatic rings. The number of ether oxygens (including phenoxy) is 1. The normalized spacial score (nSPS) is 15.4. The molecule has 3 heterocycles. The Morgan fingerprint density at radius 3 is 2.68 bits per heavy atom. The molecule has 0 unspecified atom stereocenters. The van der Waals surface area contributed by atoms with Crippen LogP contribution in [0.1, 0.15) is 43.7 Å². The van der Waals surface area contributed by atoms with E-state index in [4.69, 9.17) is 27.9 Å². The molecular weight excluding hydrogens is 363 g/mol. The van der Waals surface area contributed by atoms with Gasteiger partial charge in [-0.2, -0.15) is 4.98 Å². The van der Waals surface area contributed by atoms with Gasteiger partial charge < -0.3 is 9.64 Å². The van der Waals surface area contributed by atoms with Gasteiger partial charge in [-0.25, -0.2) is 14.8 Å². The molecule has 2 aromatic heterocycles. The number of pyridine rings is 1. The molecule has 0 saturated carbocycles. The Morgan fingerprint density at radius 1 is 1.28 bits per heavy atom. The van der Waals surface area contributed by atoms with Crippen LogP contribution in [0, 0.1) is 0 Å². The lowest BCUT2D eigenvalue weighted by Gasteiger charge is -2.23. The quantitative estimate of drug-likeness (QED) is 0.452. The predicted octanol–water partition coefficient (Wildman–Crippen LogP) is 4.17. The highest BCUT2D eigenvalue weighted by molar-refractivity contribution is 6.29. The molecule has 132 valence electrons. The van der Waals surface area contributed by atoms with Crippen molar-refractivity contribution in [3.8, 4) is 0 Å². The first-order chi connectivity index (χ1) is 11.7. The zero-order valence-electron chi connectivity index (χ0n) is 14.4. The fraction of sp³-hybridized carbons (Fsp3) is 0.412. The first-order valence-electron chi connectivity index (χ1n) is 7.87. The van der Waals surface area contributed by atoms with Gasteiger partial charge in [-0.15, -0.1) is 0 Å². The summed E-state index contributed by atoms with van der Waals surface area (Å²) in [7, 11) is 0. The maximum atomic E-state index is 12.5. The molecule has 0 bridgehead atoms. The monoisotopic (exact) mass is 380 g/mol. The molecule has 0 atom stereocenters. The van der Waals surface area contributed by atoms with Crippen molar-refractivity contribution in [2.75, 3.05) is 11.4 Å². The minimum atomic E-state index is -0.491. The van der Waals surface area contributed by atoms with E-state index in [2.05, 4.69) is 28.8 Å². The third kappa shape index (κ3) is 3.41. The molecule has 0 spiro atoms. The van der Waals surface area contributed by atoms with Gasteiger partial charge in [0.2, 0.25) is 5.28 Å². The van der Waals surface area contributed by atoms with E-state index in [1.807, 2.05) is 11.0 Å². The van der Waals surface area contributed by atoms with Crippen LogP contribution in [0.2, 0.25) is 10.4 Å². The van der Waals surface area contributed by atoms with Crippen molar-refractivity contribution in [3.05, 3.63) is 40.0 Å². The van der Waals surface area contributed by atoms with Crippen LogP contribution >= 0.6 is 23.2 Å². The average molecular weight is 381 g/mol. The maximum absolute atomic E-state index is 12.5. The van der Waals surface area contributed by atoms with Gasteiger partial charge in [0.05, 0.1) is 17.5 Å². The number of nitrogens with zero attached hydrogens (tertiary/aromatic N) is 4. The number of esters is 1. The Kier molecular flexibility index (Phi) is 4.60. The number of hydrogen-bond donors (Lipinski definition) is 0. The lowest BCUT2D eigenvalue weighted by molar-refractivity contribution is 0.0378. The van der Waals surface area contributed by atoms with E-state index in [9.17, 15) is 4.79 Å². The first-order valence-corrected chi connectivity index (χ1v) is 8.63. The third-order valence-corrected chi connectivity index (χ3v) is 4.28. The van der Waals surface area contributed by atoms with Gasteiger partial charge in [0.15, 0.2) is 5.82 Å². The third-order valence-electron chi connectivity index (χ3n) is 3.88. The maximum Gasteiger partial charge on any atom is 0.343 e. The summed E-state index contributed by atoms with van der Waals surface area (Å²) < 4.78 is 5.31. The molecule has 0 radical (unpaired) electrons. The first kappa shape index (κ1) is 17.9. The van der Waals surface area contributed by atoms with E-state index < -0.39 is 5.97 Å². The molecule has 0 amide bonds. The number of hydrogen-bond acceptors (Lipinski definition) is 6. The molecule has 6 nitrogen and oxygen atoms in total. The smallest absolute Gasteiger partial charge is 0.343 e. The van der Waals surface area contributed by atoms with Gasteiger partial charge in [0, 0.05) is 18.2 Å². The Labute approximate surface area is 156 Å². The second kappa shape index (κ2) is 6.42. The summed E-state index contributed by atoms with van der Waals surface area (Å²) >= 11 is 12.0.